The van der Waals surface area contributed by atoms with E-state index in [9.17, 15) is 4.79 Å². The van der Waals surface area contributed by atoms with Crippen LogP contribution in [0, 0.1) is 6.92 Å². The molecule has 1 amide bonds. The van der Waals surface area contributed by atoms with Crippen LogP contribution in [0.3, 0.4) is 0 Å². The van der Waals surface area contributed by atoms with Gasteiger partial charge in [-0.15, -0.1) is 5.10 Å². The second-order valence-corrected chi connectivity index (χ2v) is 5.95. The molecule has 0 aliphatic heterocycles. The summed E-state index contributed by atoms with van der Waals surface area (Å²) in [5.41, 5.74) is 2.53. The fourth-order valence-corrected chi connectivity index (χ4v) is 2.86. The number of aryl methyl sites for hydroxylation is 2. The zero-order chi connectivity index (χ0) is 16.1. The Labute approximate surface area is 138 Å². The number of rotatable bonds is 6. The predicted molar refractivity (Wildman–Crippen MR) is 89.3 cm³/mol. The topological polar surface area (TPSA) is 72.7 Å². The Morgan fingerprint density at radius 1 is 1.30 bits per heavy atom. The molecule has 0 unspecified atom stereocenters. The minimum absolute atomic E-state index is 0.185. The van der Waals surface area contributed by atoms with Crippen LogP contribution >= 0.6 is 11.5 Å². The number of benzene rings is 1. The van der Waals surface area contributed by atoms with Gasteiger partial charge in [0.2, 0.25) is 0 Å². The van der Waals surface area contributed by atoms with Crippen molar-refractivity contribution in [3.05, 3.63) is 54.0 Å². The molecule has 6 nitrogen and oxygen atoms in total. The summed E-state index contributed by atoms with van der Waals surface area (Å²) < 4.78 is 5.77. The Morgan fingerprint density at radius 2 is 2.13 bits per heavy atom. The van der Waals surface area contributed by atoms with Crippen molar-refractivity contribution in [1.29, 1.82) is 0 Å². The molecule has 0 atom stereocenters. The Balaban J connectivity index is 1.59. The van der Waals surface area contributed by atoms with Gasteiger partial charge in [-0.05, 0) is 36.5 Å². The molecule has 1 N–H and O–H groups in total. The van der Waals surface area contributed by atoms with E-state index in [-0.39, 0.29) is 5.91 Å². The average molecular weight is 327 g/mol. The lowest BCUT2D eigenvalue weighted by Gasteiger charge is -2.05. The first kappa shape index (κ1) is 15.4. The molecule has 118 valence electrons. The Kier molecular flexibility index (Phi) is 4.77. The summed E-state index contributed by atoms with van der Waals surface area (Å²) in [5.74, 6) is -0.185. The zero-order valence-corrected chi connectivity index (χ0v) is 13.6. The zero-order valence-electron chi connectivity index (χ0n) is 12.8. The van der Waals surface area contributed by atoms with Crippen LogP contribution in [0.2, 0.25) is 0 Å². The van der Waals surface area contributed by atoms with E-state index in [1.165, 1.54) is 17.1 Å². The van der Waals surface area contributed by atoms with E-state index in [2.05, 4.69) is 20.0 Å². The standard InChI is InChI=1S/C16H17N5OS/c1-12-4-6-13(7-5-12)15-14(19-20-23-15)16(22)17-8-2-10-21-11-3-9-18-21/h3-7,9,11H,2,8,10H2,1H3,(H,17,22). The van der Waals surface area contributed by atoms with Crippen molar-refractivity contribution in [3.8, 4) is 10.4 Å². The highest BCUT2D eigenvalue weighted by atomic mass is 32.1. The second kappa shape index (κ2) is 7.15. The molecular formula is C16H17N5OS. The monoisotopic (exact) mass is 327 g/mol. The van der Waals surface area contributed by atoms with E-state index in [4.69, 9.17) is 0 Å². The highest BCUT2D eigenvalue weighted by Gasteiger charge is 2.17. The molecule has 1 aromatic carbocycles. The van der Waals surface area contributed by atoms with E-state index < -0.39 is 0 Å². The molecule has 0 bridgehead atoms. The van der Waals surface area contributed by atoms with Crippen LogP contribution in [0.5, 0.6) is 0 Å². The van der Waals surface area contributed by atoms with Crippen molar-refractivity contribution in [2.45, 2.75) is 19.9 Å². The largest absolute Gasteiger partial charge is 0.351 e. The molecule has 0 aliphatic rings. The number of nitrogens with zero attached hydrogens (tertiary/aromatic N) is 4. The van der Waals surface area contributed by atoms with Crippen LogP contribution in [0.25, 0.3) is 10.4 Å². The van der Waals surface area contributed by atoms with E-state index in [1.807, 2.05) is 48.1 Å². The van der Waals surface area contributed by atoms with Crippen molar-refractivity contribution >= 4 is 17.4 Å². The van der Waals surface area contributed by atoms with Crippen molar-refractivity contribution in [2.75, 3.05) is 6.54 Å². The second-order valence-electron chi connectivity index (χ2n) is 5.20. The summed E-state index contributed by atoms with van der Waals surface area (Å²) in [5, 5.41) is 11.0. The SMILES string of the molecule is Cc1ccc(-c2snnc2C(=O)NCCCn2cccn2)cc1. The molecule has 0 aliphatic carbocycles. The maximum absolute atomic E-state index is 12.3. The quantitative estimate of drug-likeness (QED) is 0.706. The molecule has 3 aromatic rings. The lowest BCUT2D eigenvalue weighted by molar-refractivity contribution is 0.0948. The van der Waals surface area contributed by atoms with Crippen LogP contribution in [0.1, 0.15) is 22.5 Å². The summed E-state index contributed by atoms with van der Waals surface area (Å²) in [6.45, 7) is 3.37. The number of carbonyl (C=O) groups is 1. The van der Waals surface area contributed by atoms with E-state index in [0.29, 0.717) is 12.2 Å². The Bertz CT molecular complexity index is 764. The molecule has 0 radical (unpaired) electrons. The lowest BCUT2D eigenvalue weighted by atomic mass is 10.1. The number of aromatic nitrogens is 4. The molecule has 3 rings (SSSR count). The van der Waals surface area contributed by atoms with Gasteiger partial charge in [0.25, 0.3) is 5.91 Å². The predicted octanol–water partition coefficient (Wildman–Crippen LogP) is 2.53. The minimum atomic E-state index is -0.185. The van der Waals surface area contributed by atoms with Crippen LogP contribution in [0.15, 0.2) is 42.7 Å². The van der Waals surface area contributed by atoms with Gasteiger partial charge in [-0.3, -0.25) is 9.48 Å². The summed E-state index contributed by atoms with van der Waals surface area (Å²) in [6, 6.07) is 9.88. The van der Waals surface area contributed by atoms with E-state index >= 15 is 0 Å². The van der Waals surface area contributed by atoms with Crippen molar-refractivity contribution < 1.29 is 4.79 Å². The van der Waals surface area contributed by atoms with Gasteiger partial charge >= 0.3 is 0 Å². The maximum Gasteiger partial charge on any atom is 0.273 e. The first-order valence-electron chi connectivity index (χ1n) is 7.39. The third kappa shape index (κ3) is 3.81. The summed E-state index contributed by atoms with van der Waals surface area (Å²) in [4.78, 5) is 13.1. The number of hydrogen-bond acceptors (Lipinski definition) is 5. The van der Waals surface area contributed by atoms with Crippen LogP contribution in [-0.4, -0.2) is 31.8 Å². The third-order valence-corrected chi connectivity index (χ3v) is 4.20. The molecular weight excluding hydrogens is 310 g/mol. The molecule has 23 heavy (non-hydrogen) atoms. The molecule has 0 fully saturated rings. The average Bonchev–Trinajstić information content (AvgIpc) is 3.23. The van der Waals surface area contributed by atoms with Gasteiger partial charge in [0, 0.05) is 25.5 Å². The van der Waals surface area contributed by atoms with E-state index in [0.717, 1.165) is 23.4 Å². The first-order chi connectivity index (χ1) is 11.2. The van der Waals surface area contributed by atoms with Crippen LogP contribution in [-0.2, 0) is 6.54 Å². The van der Waals surface area contributed by atoms with Gasteiger partial charge in [0.1, 0.15) is 0 Å². The van der Waals surface area contributed by atoms with Gasteiger partial charge in [-0.1, -0.05) is 34.3 Å². The fraction of sp³-hybridized carbons (Fsp3) is 0.250. The Morgan fingerprint density at radius 3 is 2.87 bits per heavy atom. The molecule has 7 heteroatoms. The first-order valence-corrected chi connectivity index (χ1v) is 8.16. The minimum Gasteiger partial charge on any atom is -0.351 e. The van der Waals surface area contributed by atoms with Crippen LogP contribution in [0.4, 0.5) is 0 Å². The summed E-state index contributed by atoms with van der Waals surface area (Å²) in [6.07, 6.45) is 4.46. The Hall–Kier alpha value is -2.54. The van der Waals surface area contributed by atoms with Crippen molar-refractivity contribution in [1.82, 2.24) is 24.7 Å². The summed E-state index contributed by atoms with van der Waals surface area (Å²) in [7, 11) is 0. The van der Waals surface area contributed by atoms with Crippen LogP contribution < -0.4 is 5.32 Å². The molecule has 0 spiro atoms. The fourth-order valence-electron chi connectivity index (χ4n) is 2.19. The van der Waals surface area contributed by atoms with Gasteiger partial charge in [-0.25, -0.2) is 0 Å². The normalized spacial score (nSPS) is 10.7. The van der Waals surface area contributed by atoms with E-state index in [1.54, 1.807) is 6.20 Å². The molecule has 0 saturated carbocycles. The molecule has 2 aromatic heterocycles. The van der Waals surface area contributed by atoms with Gasteiger partial charge in [0.15, 0.2) is 5.69 Å². The lowest BCUT2D eigenvalue weighted by Crippen LogP contribution is -2.26. The number of hydrogen-bond donors (Lipinski definition) is 1. The van der Waals surface area contributed by atoms with Gasteiger partial charge in [0.05, 0.1) is 4.88 Å². The van der Waals surface area contributed by atoms with Gasteiger partial charge in [-0.2, -0.15) is 5.10 Å². The maximum atomic E-state index is 12.3. The van der Waals surface area contributed by atoms with Crippen molar-refractivity contribution in [2.24, 2.45) is 0 Å². The number of amides is 1. The molecule has 2 heterocycles. The number of nitrogens with one attached hydrogen (secondary N) is 1. The smallest absolute Gasteiger partial charge is 0.273 e. The summed E-state index contributed by atoms with van der Waals surface area (Å²) >= 11 is 1.24. The molecule has 0 saturated heterocycles. The number of carbonyl (C=O) groups excluding carboxylic acids is 1. The highest BCUT2D eigenvalue weighted by molar-refractivity contribution is 7.09. The van der Waals surface area contributed by atoms with Gasteiger partial charge < -0.3 is 5.32 Å². The highest BCUT2D eigenvalue weighted by Crippen LogP contribution is 2.26. The third-order valence-electron chi connectivity index (χ3n) is 3.43. The van der Waals surface area contributed by atoms with Crippen molar-refractivity contribution in [3.63, 3.8) is 0 Å².